The molecule has 0 saturated carbocycles. The number of ketones is 1. The Morgan fingerprint density at radius 2 is 1.57 bits per heavy atom. The first-order valence-electron chi connectivity index (χ1n) is 7.25. The molecule has 0 aliphatic carbocycles. The number of hydrogen-bond donors (Lipinski definition) is 2. The zero-order chi connectivity index (χ0) is 21.1. The number of allylic oxidation sites excluding steroid dienone is 1. The average molecular weight is 478 g/mol. The Hall–Kier alpha value is -2.57. The number of azo groups is 1. The predicted molar refractivity (Wildman–Crippen MR) is 97.1 cm³/mol. The molecule has 0 radical (unpaired) electrons. The number of nitrogens with two attached hydrogens (primary N) is 1. The minimum Gasteiger partial charge on any atom is -0.505 e. The second kappa shape index (κ2) is 8.20. The van der Waals surface area contributed by atoms with E-state index >= 15 is 0 Å². The third kappa shape index (κ3) is 5.47. The number of sulfonamides is 1. The van der Waals surface area contributed by atoms with Gasteiger partial charge in [0.25, 0.3) is 5.78 Å². The fourth-order valence-corrected chi connectivity index (χ4v) is 2.67. The summed E-state index contributed by atoms with van der Waals surface area (Å²) in [5.74, 6) is -3.41. The van der Waals surface area contributed by atoms with E-state index in [4.69, 9.17) is 5.14 Å². The quantitative estimate of drug-likeness (QED) is 0.379. The molecule has 28 heavy (non-hydrogen) atoms. The van der Waals surface area contributed by atoms with Crippen LogP contribution in [-0.2, 0) is 14.8 Å². The summed E-state index contributed by atoms with van der Waals surface area (Å²) in [5, 5.41) is 21.8. The molecule has 0 amide bonds. The number of Topliss-reactive ketones (excluding diaryl/α,β-unsaturated/α-hetero) is 1. The monoisotopic (exact) mass is 477 g/mol. The van der Waals surface area contributed by atoms with E-state index in [0.29, 0.717) is 4.47 Å². The van der Waals surface area contributed by atoms with E-state index in [2.05, 4.69) is 26.2 Å². The van der Waals surface area contributed by atoms with Crippen LogP contribution in [0.2, 0.25) is 0 Å². The van der Waals surface area contributed by atoms with Crippen molar-refractivity contribution in [2.24, 2.45) is 15.4 Å². The van der Waals surface area contributed by atoms with Crippen molar-refractivity contribution in [3.63, 3.8) is 0 Å². The summed E-state index contributed by atoms with van der Waals surface area (Å²) in [6, 6.07) is 9.82. The molecule has 12 heteroatoms. The van der Waals surface area contributed by atoms with Gasteiger partial charge in [-0.25, -0.2) is 13.6 Å². The molecule has 148 valence electrons. The molecule has 0 unspecified atom stereocenters. The summed E-state index contributed by atoms with van der Waals surface area (Å²) in [4.78, 5) is 11.4. The third-order valence-electron chi connectivity index (χ3n) is 3.25. The maximum Gasteiger partial charge on any atom is 0.456 e. The van der Waals surface area contributed by atoms with E-state index in [1.165, 1.54) is 24.3 Å². The lowest BCUT2D eigenvalue weighted by atomic mass is 10.1. The van der Waals surface area contributed by atoms with E-state index in [1.807, 2.05) is 0 Å². The zero-order valence-electron chi connectivity index (χ0n) is 13.7. The Kier molecular flexibility index (Phi) is 6.37. The molecule has 3 N–H and O–H groups in total. The number of nitrogens with zero attached hydrogens (tertiary/aromatic N) is 2. The van der Waals surface area contributed by atoms with Gasteiger partial charge in [0.2, 0.25) is 10.0 Å². The van der Waals surface area contributed by atoms with Crippen molar-refractivity contribution in [1.82, 2.24) is 0 Å². The number of carbonyl (C=O) groups excluding carboxylic acids is 1. The fraction of sp³-hybridized carbons (Fsp3) is 0.0625. The van der Waals surface area contributed by atoms with Crippen molar-refractivity contribution in [3.05, 3.63) is 64.3 Å². The van der Waals surface area contributed by atoms with Crippen LogP contribution in [0.25, 0.3) is 5.76 Å². The van der Waals surface area contributed by atoms with Gasteiger partial charge < -0.3 is 5.11 Å². The number of carbonyl (C=O) groups is 1. The Bertz CT molecular complexity index is 1050. The number of alkyl halides is 3. The molecule has 0 heterocycles. The number of rotatable bonds is 5. The maximum atomic E-state index is 12.9. The van der Waals surface area contributed by atoms with Crippen molar-refractivity contribution in [3.8, 4) is 0 Å². The van der Waals surface area contributed by atoms with Crippen LogP contribution in [0.4, 0.5) is 18.9 Å². The number of aliphatic hydroxyl groups is 1. The molecule has 2 aromatic rings. The molecule has 0 saturated heterocycles. The van der Waals surface area contributed by atoms with Crippen LogP contribution in [0.1, 0.15) is 5.56 Å². The first-order valence-corrected chi connectivity index (χ1v) is 9.59. The predicted octanol–water partition coefficient (Wildman–Crippen LogP) is 4.24. The second-order valence-electron chi connectivity index (χ2n) is 5.27. The van der Waals surface area contributed by atoms with Gasteiger partial charge in [0.1, 0.15) is 0 Å². The molecular formula is C16H11BrF3N3O4S. The average Bonchev–Trinajstić information content (AvgIpc) is 2.61. The molecule has 2 aromatic carbocycles. The topological polar surface area (TPSA) is 122 Å². The van der Waals surface area contributed by atoms with Crippen LogP contribution in [0.5, 0.6) is 0 Å². The van der Waals surface area contributed by atoms with Gasteiger partial charge in [0.05, 0.1) is 10.6 Å². The highest BCUT2D eigenvalue weighted by atomic mass is 79.9. The molecule has 0 aliphatic rings. The fourth-order valence-electron chi connectivity index (χ4n) is 1.89. The van der Waals surface area contributed by atoms with E-state index in [0.717, 1.165) is 24.3 Å². The van der Waals surface area contributed by atoms with Crippen LogP contribution in [0, 0.1) is 0 Å². The summed E-state index contributed by atoms with van der Waals surface area (Å²) in [6.45, 7) is 0. The van der Waals surface area contributed by atoms with E-state index in [1.54, 1.807) is 0 Å². The molecule has 0 atom stereocenters. The number of primary sulfonamides is 1. The molecule has 0 spiro atoms. The highest BCUT2D eigenvalue weighted by molar-refractivity contribution is 9.10. The van der Waals surface area contributed by atoms with E-state index in [9.17, 15) is 31.5 Å². The van der Waals surface area contributed by atoms with E-state index < -0.39 is 33.4 Å². The lowest BCUT2D eigenvalue weighted by Gasteiger charge is -2.08. The molecule has 7 nitrogen and oxygen atoms in total. The first-order chi connectivity index (χ1) is 12.9. The van der Waals surface area contributed by atoms with Crippen molar-refractivity contribution >= 4 is 43.2 Å². The Balaban J connectivity index is 2.48. The van der Waals surface area contributed by atoms with Gasteiger partial charge in [-0.3, -0.25) is 4.79 Å². The molecule has 0 aromatic heterocycles. The minimum atomic E-state index is -5.30. The minimum absolute atomic E-state index is 0.0662. The summed E-state index contributed by atoms with van der Waals surface area (Å²) in [7, 11) is -3.96. The SMILES string of the molecule is NS(=O)(=O)c1ccc(N=N/C(C(=O)C(F)(F)F)=C(/O)c2ccc(Br)cc2)cc1. The van der Waals surface area contributed by atoms with Crippen LogP contribution in [0.15, 0.2) is 73.8 Å². The smallest absolute Gasteiger partial charge is 0.456 e. The molecular weight excluding hydrogens is 467 g/mol. The summed E-state index contributed by atoms with van der Waals surface area (Å²) >= 11 is 3.14. The van der Waals surface area contributed by atoms with Gasteiger partial charge in [-0.05, 0) is 36.4 Å². The van der Waals surface area contributed by atoms with Crippen LogP contribution in [0.3, 0.4) is 0 Å². The Morgan fingerprint density at radius 1 is 1.04 bits per heavy atom. The maximum absolute atomic E-state index is 12.9. The second-order valence-corrected chi connectivity index (χ2v) is 7.75. The molecule has 2 rings (SSSR count). The lowest BCUT2D eigenvalue weighted by molar-refractivity contribution is -0.166. The highest BCUT2D eigenvalue weighted by Gasteiger charge is 2.43. The number of halogens is 4. The zero-order valence-corrected chi connectivity index (χ0v) is 16.1. The number of benzene rings is 2. The molecule has 0 fully saturated rings. The first kappa shape index (κ1) is 21.7. The van der Waals surface area contributed by atoms with E-state index in [-0.39, 0.29) is 16.1 Å². The molecule has 0 bridgehead atoms. The number of aliphatic hydroxyl groups excluding tert-OH is 1. The van der Waals surface area contributed by atoms with Gasteiger partial charge in [-0.1, -0.05) is 28.1 Å². The van der Waals surface area contributed by atoms with Gasteiger partial charge in [-0.2, -0.15) is 18.3 Å². The Morgan fingerprint density at radius 3 is 2.04 bits per heavy atom. The van der Waals surface area contributed by atoms with Crippen LogP contribution < -0.4 is 5.14 Å². The van der Waals surface area contributed by atoms with Crippen molar-refractivity contribution in [2.75, 3.05) is 0 Å². The third-order valence-corrected chi connectivity index (χ3v) is 4.70. The van der Waals surface area contributed by atoms with Gasteiger partial charge in [0, 0.05) is 10.0 Å². The van der Waals surface area contributed by atoms with Crippen LogP contribution in [-0.4, -0.2) is 25.5 Å². The Labute approximate surface area is 165 Å². The molecule has 0 aliphatic heterocycles. The summed E-state index contributed by atoms with van der Waals surface area (Å²) in [5.41, 5.74) is -1.46. The normalized spacial score (nSPS) is 13.5. The summed E-state index contributed by atoms with van der Waals surface area (Å²) < 4.78 is 61.6. The van der Waals surface area contributed by atoms with Gasteiger partial charge in [-0.15, -0.1) is 5.11 Å². The van der Waals surface area contributed by atoms with Gasteiger partial charge in [0.15, 0.2) is 11.5 Å². The van der Waals surface area contributed by atoms with Crippen molar-refractivity contribution in [1.29, 1.82) is 0 Å². The highest BCUT2D eigenvalue weighted by Crippen LogP contribution is 2.28. The summed E-state index contributed by atoms with van der Waals surface area (Å²) in [6.07, 6.45) is -5.30. The standard InChI is InChI=1S/C16H11BrF3N3O4S/c17-10-3-1-9(2-4-10)14(24)13(15(25)16(18,19)20)23-22-11-5-7-12(8-6-11)28(21,26)27/h1-8,24H,(H2,21,26,27)/b14-13+,23-22?. The van der Waals surface area contributed by atoms with Gasteiger partial charge >= 0.3 is 6.18 Å². The van der Waals surface area contributed by atoms with Crippen molar-refractivity contribution < 1.29 is 31.5 Å². The van der Waals surface area contributed by atoms with Crippen molar-refractivity contribution in [2.45, 2.75) is 11.1 Å². The largest absolute Gasteiger partial charge is 0.505 e. The van der Waals surface area contributed by atoms with Crippen LogP contribution >= 0.6 is 15.9 Å². The lowest BCUT2D eigenvalue weighted by Crippen LogP contribution is -2.24. The number of hydrogen-bond acceptors (Lipinski definition) is 6.